The smallest absolute Gasteiger partial charge is 0.258 e. The summed E-state index contributed by atoms with van der Waals surface area (Å²) in [6, 6.07) is 2.63. The number of carbonyl (C=O) groups excluding carboxylic acids is 1. The van der Waals surface area contributed by atoms with Crippen LogP contribution >= 0.6 is 11.6 Å². The minimum atomic E-state index is -2.87. The fourth-order valence-electron chi connectivity index (χ4n) is 3.86. The van der Waals surface area contributed by atoms with E-state index in [1.165, 1.54) is 0 Å². The molecule has 1 saturated carbocycles. The van der Waals surface area contributed by atoms with E-state index in [2.05, 4.69) is 20.3 Å². The van der Waals surface area contributed by atoms with Crippen molar-refractivity contribution in [3.8, 4) is 11.3 Å². The van der Waals surface area contributed by atoms with Crippen molar-refractivity contribution in [2.24, 2.45) is 0 Å². The molecule has 2 heterocycles. The lowest BCUT2D eigenvalue weighted by atomic mass is 9.81. The molecule has 0 atom stereocenters. The van der Waals surface area contributed by atoms with Gasteiger partial charge in [0.1, 0.15) is 17.5 Å². The molecule has 0 unspecified atom stereocenters. The molecule has 0 bridgehead atoms. The molecule has 3 aromatic rings. The zero-order chi connectivity index (χ0) is 23.8. The molecule has 1 fully saturated rings. The van der Waals surface area contributed by atoms with Crippen molar-refractivity contribution < 1.29 is 26.7 Å². The average molecular weight is 483 g/mol. The summed E-state index contributed by atoms with van der Waals surface area (Å²) < 4.78 is 70.9. The molecule has 4 rings (SSSR count). The molecule has 0 aliphatic heterocycles. The van der Waals surface area contributed by atoms with Gasteiger partial charge in [0.05, 0.1) is 23.1 Å². The first-order valence-corrected chi connectivity index (χ1v) is 10.3. The van der Waals surface area contributed by atoms with Gasteiger partial charge in [-0.05, 0) is 48.6 Å². The molecule has 11 heteroatoms. The number of nitrogens with one attached hydrogen (secondary N) is 1. The molecule has 2 aromatic heterocycles. The second-order valence-corrected chi connectivity index (χ2v) is 8.03. The molecule has 1 aliphatic carbocycles. The second kappa shape index (κ2) is 9.01. The van der Waals surface area contributed by atoms with Gasteiger partial charge >= 0.3 is 0 Å². The lowest BCUT2D eigenvalue weighted by Crippen LogP contribution is -2.25. The van der Waals surface area contributed by atoms with E-state index in [0.717, 1.165) is 36.8 Å². The number of carbonyl (C=O) groups is 1. The van der Waals surface area contributed by atoms with E-state index in [1.807, 2.05) is 0 Å². The van der Waals surface area contributed by atoms with Crippen LogP contribution in [0.5, 0.6) is 0 Å². The highest BCUT2D eigenvalue weighted by Gasteiger charge is 2.38. The third-order valence-corrected chi connectivity index (χ3v) is 5.70. The lowest BCUT2D eigenvalue weighted by molar-refractivity contribution is -0.0384. The Morgan fingerprint density at radius 3 is 2.33 bits per heavy atom. The highest BCUT2D eigenvalue weighted by Crippen LogP contribution is 2.45. The summed E-state index contributed by atoms with van der Waals surface area (Å²) in [5, 5.41) is 2.37. The van der Waals surface area contributed by atoms with E-state index < -0.39 is 48.0 Å². The summed E-state index contributed by atoms with van der Waals surface area (Å²) in [5.41, 5.74) is -0.920. The summed E-state index contributed by atoms with van der Waals surface area (Å²) in [7, 11) is 0. The number of alkyl halides is 2. The van der Waals surface area contributed by atoms with Gasteiger partial charge in [0, 0.05) is 36.4 Å². The molecule has 1 N–H and O–H groups in total. The number of benzene rings is 1. The molecule has 5 nitrogen and oxygen atoms in total. The van der Waals surface area contributed by atoms with Gasteiger partial charge in [-0.15, -0.1) is 0 Å². The Labute approximate surface area is 190 Å². The third kappa shape index (κ3) is 4.95. The standard InChI is InChI=1S/C22H16ClF5N4O/c23-21-30-8-12(9-31-21)20(33)32-19-17(11-3-5-22(27,28)6-4-11)16(26)10-29-18(19)14-7-13(24)1-2-15(14)25/h1-2,7-11H,3-6H2,(H,32,33). The van der Waals surface area contributed by atoms with Crippen molar-refractivity contribution in [2.75, 3.05) is 5.32 Å². The number of hydrogen-bond donors (Lipinski definition) is 1. The molecule has 33 heavy (non-hydrogen) atoms. The summed E-state index contributed by atoms with van der Waals surface area (Å²) in [5.74, 6) is -6.85. The first-order valence-electron chi connectivity index (χ1n) is 9.95. The van der Waals surface area contributed by atoms with Crippen LogP contribution in [-0.4, -0.2) is 26.8 Å². The molecule has 1 aromatic carbocycles. The lowest BCUT2D eigenvalue weighted by Gasteiger charge is -2.30. The SMILES string of the molecule is O=C(Nc1c(-c2cc(F)ccc2F)ncc(F)c1C1CCC(F)(F)CC1)c1cnc(Cl)nc1. The zero-order valence-corrected chi connectivity index (χ0v) is 17.6. The van der Waals surface area contributed by atoms with Crippen molar-refractivity contribution in [1.82, 2.24) is 15.0 Å². The van der Waals surface area contributed by atoms with Gasteiger partial charge in [-0.1, -0.05) is 0 Å². The second-order valence-electron chi connectivity index (χ2n) is 7.69. The van der Waals surface area contributed by atoms with Crippen molar-refractivity contribution in [3.63, 3.8) is 0 Å². The molecule has 1 aliphatic rings. The number of aromatic nitrogens is 3. The number of nitrogens with zero attached hydrogens (tertiary/aromatic N) is 3. The van der Waals surface area contributed by atoms with Crippen LogP contribution in [0.15, 0.2) is 36.8 Å². The van der Waals surface area contributed by atoms with Crippen molar-refractivity contribution in [1.29, 1.82) is 0 Å². The molecule has 172 valence electrons. The highest BCUT2D eigenvalue weighted by atomic mass is 35.5. The minimum Gasteiger partial charge on any atom is -0.320 e. The molecule has 0 spiro atoms. The van der Waals surface area contributed by atoms with Gasteiger partial charge in [-0.3, -0.25) is 9.78 Å². The Kier molecular flexibility index (Phi) is 6.29. The van der Waals surface area contributed by atoms with E-state index in [-0.39, 0.29) is 46.2 Å². The molecule has 0 radical (unpaired) electrons. The van der Waals surface area contributed by atoms with Gasteiger partial charge in [0.2, 0.25) is 11.2 Å². The van der Waals surface area contributed by atoms with Crippen molar-refractivity contribution in [2.45, 2.75) is 37.5 Å². The predicted octanol–water partition coefficient (Wildman–Crippen LogP) is 6.15. The van der Waals surface area contributed by atoms with Gasteiger partial charge in [-0.2, -0.15) is 0 Å². The Morgan fingerprint density at radius 1 is 1.00 bits per heavy atom. The number of pyridine rings is 1. The number of hydrogen-bond acceptors (Lipinski definition) is 4. The molecule has 1 amide bonds. The van der Waals surface area contributed by atoms with E-state index in [1.54, 1.807) is 0 Å². The number of amides is 1. The highest BCUT2D eigenvalue weighted by molar-refractivity contribution is 6.28. The van der Waals surface area contributed by atoms with Crippen LogP contribution in [0.3, 0.4) is 0 Å². The monoisotopic (exact) mass is 482 g/mol. The average Bonchev–Trinajstić information content (AvgIpc) is 2.77. The van der Waals surface area contributed by atoms with Crippen LogP contribution in [-0.2, 0) is 0 Å². The third-order valence-electron chi connectivity index (χ3n) is 5.50. The Bertz CT molecular complexity index is 1200. The Morgan fingerprint density at radius 2 is 1.67 bits per heavy atom. The number of rotatable bonds is 4. The fraction of sp³-hybridized carbons (Fsp3) is 0.273. The number of anilines is 1. The van der Waals surface area contributed by atoms with E-state index in [9.17, 15) is 26.7 Å². The van der Waals surface area contributed by atoms with E-state index in [0.29, 0.717) is 0 Å². The Hall–Kier alpha value is -3.14. The topological polar surface area (TPSA) is 67.8 Å². The normalized spacial score (nSPS) is 15.9. The summed E-state index contributed by atoms with van der Waals surface area (Å²) >= 11 is 5.63. The van der Waals surface area contributed by atoms with Gasteiger partial charge in [0.25, 0.3) is 5.91 Å². The van der Waals surface area contributed by atoms with E-state index in [4.69, 9.17) is 11.6 Å². The maximum Gasteiger partial charge on any atom is 0.258 e. The summed E-state index contributed by atoms with van der Waals surface area (Å²) in [6.07, 6.45) is 1.99. The first-order chi connectivity index (χ1) is 15.6. The maximum absolute atomic E-state index is 15.0. The van der Waals surface area contributed by atoms with Crippen LogP contribution in [0.4, 0.5) is 27.6 Å². The zero-order valence-electron chi connectivity index (χ0n) is 16.9. The van der Waals surface area contributed by atoms with Crippen molar-refractivity contribution >= 4 is 23.2 Å². The minimum absolute atomic E-state index is 0.0459. The van der Waals surface area contributed by atoms with Crippen LogP contribution in [0, 0.1) is 17.5 Å². The quantitative estimate of drug-likeness (QED) is 0.357. The molecular weight excluding hydrogens is 467 g/mol. The van der Waals surface area contributed by atoms with Crippen molar-refractivity contribution in [3.05, 3.63) is 70.7 Å². The molecule has 0 saturated heterocycles. The van der Waals surface area contributed by atoms with Crippen LogP contribution < -0.4 is 5.32 Å². The largest absolute Gasteiger partial charge is 0.320 e. The predicted molar refractivity (Wildman–Crippen MR) is 111 cm³/mol. The summed E-state index contributed by atoms with van der Waals surface area (Å²) in [6.45, 7) is 0. The maximum atomic E-state index is 15.0. The van der Waals surface area contributed by atoms with Crippen LogP contribution in [0.1, 0.15) is 47.5 Å². The number of halogens is 6. The van der Waals surface area contributed by atoms with E-state index >= 15 is 0 Å². The fourth-order valence-corrected chi connectivity index (χ4v) is 3.95. The van der Waals surface area contributed by atoms with Gasteiger partial charge in [0.15, 0.2) is 0 Å². The Balaban J connectivity index is 1.84. The summed E-state index contributed by atoms with van der Waals surface area (Å²) in [4.78, 5) is 24.1. The molecular formula is C22H16ClF5N4O. The van der Waals surface area contributed by atoms with Gasteiger partial charge < -0.3 is 5.32 Å². The van der Waals surface area contributed by atoms with Crippen LogP contribution in [0.25, 0.3) is 11.3 Å². The van der Waals surface area contributed by atoms with Gasteiger partial charge in [-0.25, -0.2) is 31.9 Å². The first kappa shape index (κ1) is 23.0. The van der Waals surface area contributed by atoms with Crippen LogP contribution in [0.2, 0.25) is 5.28 Å².